The summed E-state index contributed by atoms with van der Waals surface area (Å²) in [5, 5.41) is 0. The smallest absolute Gasteiger partial charge is 0.306 e. The minimum atomic E-state index is -0.263. The SMILES string of the molecule is CCC/C=C/COC(=O)CCCC(=O)OCCCCCCCCCl. The van der Waals surface area contributed by atoms with Crippen molar-refractivity contribution < 1.29 is 19.1 Å². The summed E-state index contributed by atoms with van der Waals surface area (Å²) in [5.41, 5.74) is 0. The van der Waals surface area contributed by atoms with E-state index in [4.69, 9.17) is 21.1 Å². The van der Waals surface area contributed by atoms with Crippen molar-refractivity contribution in [1.82, 2.24) is 0 Å². The highest BCUT2D eigenvalue weighted by Crippen LogP contribution is 2.07. The van der Waals surface area contributed by atoms with Crippen molar-refractivity contribution in [3.05, 3.63) is 12.2 Å². The third kappa shape index (κ3) is 17.3. The molecule has 0 aliphatic rings. The summed E-state index contributed by atoms with van der Waals surface area (Å²) >= 11 is 5.61. The van der Waals surface area contributed by atoms with Crippen LogP contribution in [-0.2, 0) is 19.1 Å². The average Bonchev–Trinajstić information content (AvgIpc) is 2.57. The number of hydrogen-bond donors (Lipinski definition) is 0. The lowest BCUT2D eigenvalue weighted by molar-refractivity contribution is -0.145. The van der Waals surface area contributed by atoms with Crippen molar-refractivity contribution in [1.29, 1.82) is 0 Å². The van der Waals surface area contributed by atoms with Gasteiger partial charge in [0.25, 0.3) is 0 Å². The van der Waals surface area contributed by atoms with Crippen LogP contribution in [-0.4, -0.2) is 31.0 Å². The van der Waals surface area contributed by atoms with Crippen LogP contribution in [0.1, 0.15) is 77.6 Å². The number of unbranched alkanes of at least 4 members (excludes halogenated alkanes) is 6. The van der Waals surface area contributed by atoms with E-state index < -0.39 is 0 Å². The Morgan fingerprint density at radius 2 is 1.46 bits per heavy atom. The van der Waals surface area contributed by atoms with E-state index in [9.17, 15) is 9.59 Å². The van der Waals surface area contributed by atoms with Gasteiger partial charge in [-0.25, -0.2) is 0 Å². The van der Waals surface area contributed by atoms with E-state index in [1.165, 1.54) is 12.8 Å². The fourth-order valence-electron chi connectivity index (χ4n) is 2.10. The van der Waals surface area contributed by atoms with Gasteiger partial charge in [0.05, 0.1) is 6.61 Å². The monoisotopic (exact) mass is 360 g/mol. The lowest BCUT2D eigenvalue weighted by Crippen LogP contribution is -2.08. The van der Waals surface area contributed by atoms with Crippen molar-refractivity contribution in [2.45, 2.75) is 77.6 Å². The Hall–Kier alpha value is -1.03. The number of ether oxygens (including phenoxy) is 2. The molecule has 0 atom stereocenters. The summed E-state index contributed by atoms with van der Waals surface area (Å²) in [6.45, 7) is 2.88. The molecule has 0 bridgehead atoms. The van der Waals surface area contributed by atoms with Gasteiger partial charge in [0, 0.05) is 18.7 Å². The lowest BCUT2D eigenvalue weighted by Gasteiger charge is -2.05. The van der Waals surface area contributed by atoms with Crippen LogP contribution >= 0.6 is 11.6 Å². The number of hydrogen-bond acceptors (Lipinski definition) is 4. The summed E-state index contributed by atoms with van der Waals surface area (Å²) in [5.74, 6) is 0.245. The third-order valence-electron chi connectivity index (χ3n) is 3.52. The molecule has 0 radical (unpaired) electrons. The number of carbonyl (C=O) groups excluding carboxylic acids is 2. The normalized spacial score (nSPS) is 10.9. The Labute approximate surface area is 151 Å². The number of halogens is 1. The van der Waals surface area contributed by atoms with Crippen molar-refractivity contribution in [3.8, 4) is 0 Å². The fourth-order valence-corrected chi connectivity index (χ4v) is 2.29. The topological polar surface area (TPSA) is 52.6 Å². The number of allylic oxidation sites excluding steroid dienone is 1. The zero-order valence-corrected chi connectivity index (χ0v) is 15.8. The highest BCUT2D eigenvalue weighted by molar-refractivity contribution is 6.17. The lowest BCUT2D eigenvalue weighted by atomic mass is 10.1. The molecule has 0 amide bonds. The Bertz CT molecular complexity index is 342. The van der Waals surface area contributed by atoms with Gasteiger partial charge < -0.3 is 9.47 Å². The van der Waals surface area contributed by atoms with E-state index in [0.29, 0.717) is 19.6 Å². The van der Waals surface area contributed by atoms with E-state index in [1.54, 1.807) is 0 Å². The number of esters is 2. The second kappa shape index (κ2) is 18.3. The molecule has 0 unspecified atom stereocenters. The van der Waals surface area contributed by atoms with E-state index in [1.807, 2.05) is 12.2 Å². The van der Waals surface area contributed by atoms with E-state index in [2.05, 4.69) is 6.92 Å². The van der Waals surface area contributed by atoms with Gasteiger partial charge in [0.2, 0.25) is 0 Å². The van der Waals surface area contributed by atoms with Crippen LogP contribution in [0.25, 0.3) is 0 Å². The van der Waals surface area contributed by atoms with Crippen LogP contribution in [0.5, 0.6) is 0 Å². The van der Waals surface area contributed by atoms with Crippen LogP contribution in [0, 0.1) is 0 Å². The molecular weight excluding hydrogens is 328 g/mol. The maximum absolute atomic E-state index is 11.5. The highest BCUT2D eigenvalue weighted by Gasteiger charge is 2.06. The summed E-state index contributed by atoms with van der Waals surface area (Å²) in [7, 11) is 0. The number of rotatable bonds is 16. The molecule has 0 aromatic heterocycles. The minimum absolute atomic E-state index is 0.229. The van der Waals surface area contributed by atoms with Gasteiger partial charge in [-0.05, 0) is 25.7 Å². The minimum Gasteiger partial charge on any atom is -0.466 e. The molecule has 140 valence electrons. The summed E-state index contributed by atoms with van der Waals surface area (Å²) in [6.07, 6.45) is 13.5. The second-order valence-electron chi connectivity index (χ2n) is 5.83. The van der Waals surface area contributed by atoms with Gasteiger partial charge in [0.1, 0.15) is 6.61 Å². The Morgan fingerprint density at radius 3 is 2.12 bits per heavy atom. The highest BCUT2D eigenvalue weighted by atomic mass is 35.5. The molecule has 0 N–H and O–H groups in total. The Morgan fingerprint density at radius 1 is 0.833 bits per heavy atom. The Kier molecular flexibility index (Phi) is 17.5. The van der Waals surface area contributed by atoms with Crippen LogP contribution in [0.2, 0.25) is 0 Å². The van der Waals surface area contributed by atoms with E-state index >= 15 is 0 Å². The zero-order valence-electron chi connectivity index (χ0n) is 15.1. The number of alkyl halides is 1. The largest absolute Gasteiger partial charge is 0.466 e. The van der Waals surface area contributed by atoms with Crippen LogP contribution < -0.4 is 0 Å². The fraction of sp³-hybridized carbons (Fsp3) is 0.789. The summed E-state index contributed by atoms with van der Waals surface area (Å²) in [6, 6.07) is 0. The predicted octanol–water partition coefficient (Wildman–Crippen LogP) is 5.18. The molecule has 5 heteroatoms. The van der Waals surface area contributed by atoms with Crippen LogP contribution in [0.3, 0.4) is 0 Å². The standard InChI is InChI=1S/C19H33ClO4/c1-2-3-4-10-16-23-18(21)13-12-14-19(22)24-17-11-8-6-5-7-9-15-20/h4,10H,2-3,5-9,11-17H2,1H3/b10-4+. The Balaban J connectivity index is 3.38. The van der Waals surface area contributed by atoms with Gasteiger partial charge in [-0.1, -0.05) is 51.2 Å². The van der Waals surface area contributed by atoms with Gasteiger partial charge in [-0.3, -0.25) is 9.59 Å². The van der Waals surface area contributed by atoms with Crippen molar-refractivity contribution in [2.75, 3.05) is 19.1 Å². The maximum Gasteiger partial charge on any atom is 0.306 e. The molecule has 0 spiro atoms. The molecule has 0 aliphatic carbocycles. The molecule has 0 saturated heterocycles. The average molecular weight is 361 g/mol. The molecule has 4 nitrogen and oxygen atoms in total. The molecule has 0 saturated carbocycles. The molecule has 0 aliphatic heterocycles. The van der Waals surface area contributed by atoms with Gasteiger partial charge in [0.15, 0.2) is 0 Å². The molecule has 0 rings (SSSR count). The van der Waals surface area contributed by atoms with Gasteiger partial charge in [-0.15, -0.1) is 11.6 Å². The van der Waals surface area contributed by atoms with Gasteiger partial charge >= 0.3 is 11.9 Å². The third-order valence-corrected chi connectivity index (χ3v) is 3.78. The van der Waals surface area contributed by atoms with Crippen molar-refractivity contribution in [3.63, 3.8) is 0 Å². The second-order valence-corrected chi connectivity index (χ2v) is 6.21. The first-order chi connectivity index (χ1) is 11.7. The van der Waals surface area contributed by atoms with Crippen LogP contribution in [0.4, 0.5) is 0 Å². The number of carbonyl (C=O) groups is 2. The first kappa shape index (κ1) is 23.0. The van der Waals surface area contributed by atoms with Gasteiger partial charge in [-0.2, -0.15) is 0 Å². The maximum atomic E-state index is 11.5. The first-order valence-corrected chi connectivity index (χ1v) is 9.76. The van der Waals surface area contributed by atoms with Crippen LogP contribution in [0.15, 0.2) is 12.2 Å². The first-order valence-electron chi connectivity index (χ1n) is 9.23. The summed E-state index contributed by atoms with van der Waals surface area (Å²) in [4.78, 5) is 23.0. The van der Waals surface area contributed by atoms with Crippen molar-refractivity contribution in [2.24, 2.45) is 0 Å². The van der Waals surface area contributed by atoms with Crippen molar-refractivity contribution >= 4 is 23.5 Å². The zero-order chi connectivity index (χ0) is 17.9. The molecule has 24 heavy (non-hydrogen) atoms. The molecule has 0 aromatic rings. The molecule has 0 heterocycles. The molecular formula is C19H33ClO4. The van der Waals surface area contributed by atoms with E-state index in [0.717, 1.165) is 44.4 Å². The predicted molar refractivity (Wildman–Crippen MR) is 98.2 cm³/mol. The quantitative estimate of drug-likeness (QED) is 0.165. The summed E-state index contributed by atoms with van der Waals surface area (Å²) < 4.78 is 10.2. The molecule has 0 fully saturated rings. The molecule has 0 aromatic carbocycles. The van der Waals surface area contributed by atoms with E-state index in [-0.39, 0.29) is 24.8 Å².